The predicted octanol–water partition coefficient (Wildman–Crippen LogP) is 5.47. The molecule has 2 aromatic rings. The number of thioether (sulfide) groups is 1. The molecule has 3 heterocycles. The molecule has 4 rings (SSSR count). The summed E-state index contributed by atoms with van der Waals surface area (Å²) in [6, 6.07) is 8.12. The normalized spacial score (nSPS) is 21.5. The Labute approximate surface area is 189 Å². The first-order chi connectivity index (χ1) is 14.6. The molecule has 0 aromatic carbocycles. The highest BCUT2D eigenvalue weighted by Crippen LogP contribution is 2.47. The molecule has 0 fully saturated rings. The first-order valence-electron chi connectivity index (χ1n) is 10.2. The lowest BCUT2D eigenvalue weighted by molar-refractivity contribution is -0.138. The van der Waals surface area contributed by atoms with Crippen LogP contribution in [-0.4, -0.2) is 29.9 Å². The van der Waals surface area contributed by atoms with E-state index in [0.29, 0.717) is 18.6 Å². The van der Waals surface area contributed by atoms with Gasteiger partial charge in [0, 0.05) is 44.8 Å². The molecule has 0 bridgehead atoms. The number of thiophene rings is 2. The number of Topliss-reactive ketones (excluding diaryl/α,β-unsaturated/α-hetero) is 1. The van der Waals surface area contributed by atoms with E-state index in [-0.39, 0.29) is 23.6 Å². The largest absolute Gasteiger partial charge is 0.461 e. The molecule has 1 N–H and O–H groups in total. The van der Waals surface area contributed by atoms with Gasteiger partial charge in [-0.3, -0.25) is 4.79 Å². The van der Waals surface area contributed by atoms with Crippen LogP contribution < -0.4 is 5.32 Å². The van der Waals surface area contributed by atoms with Gasteiger partial charge in [-0.05, 0) is 42.0 Å². The maximum Gasteiger partial charge on any atom is 0.336 e. The van der Waals surface area contributed by atoms with Gasteiger partial charge < -0.3 is 10.1 Å². The molecule has 7 heteroatoms. The van der Waals surface area contributed by atoms with Crippen LogP contribution >= 0.6 is 34.4 Å². The molecule has 2 atom stereocenters. The highest BCUT2D eigenvalue weighted by molar-refractivity contribution is 7.99. The fourth-order valence-corrected chi connectivity index (χ4v) is 6.35. The van der Waals surface area contributed by atoms with Crippen molar-refractivity contribution in [3.8, 4) is 0 Å². The van der Waals surface area contributed by atoms with E-state index in [1.807, 2.05) is 30.5 Å². The molecular formula is C23H25NO3S3. The van der Waals surface area contributed by atoms with Crippen molar-refractivity contribution < 1.29 is 14.3 Å². The average Bonchev–Trinajstić information content (AvgIpc) is 3.44. The van der Waals surface area contributed by atoms with Crippen LogP contribution in [0.5, 0.6) is 0 Å². The number of hydrogen-bond acceptors (Lipinski definition) is 7. The van der Waals surface area contributed by atoms with Gasteiger partial charge in [-0.15, -0.1) is 22.7 Å². The summed E-state index contributed by atoms with van der Waals surface area (Å²) in [5.74, 6) is 1.43. The van der Waals surface area contributed by atoms with Gasteiger partial charge in [-0.1, -0.05) is 19.1 Å². The molecule has 0 saturated carbocycles. The summed E-state index contributed by atoms with van der Waals surface area (Å²) in [7, 11) is 0. The molecule has 0 unspecified atom stereocenters. The molecule has 2 aromatic heterocycles. The number of ether oxygens (including phenoxy) is 1. The number of ketones is 1. The van der Waals surface area contributed by atoms with Crippen molar-refractivity contribution >= 4 is 46.2 Å². The zero-order valence-corrected chi connectivity index (χ0v) is 19.6. The fraction of sp³-hybridized carbons (Fsp3) is 0.391. The summed E-state index contributed by atoms with van der Waals surface area (Å²) in [6.45, 7) is 4.38. The minimum Gasteiger partial charge on any atom is -0.461 e. The highest BCUT2D eigenvalue weighted by atomic mass is 32.2. The molecular weight excluding hydrogens is 434 g/mol. The van der Waals surface area contributed by atoms with Crippen molar-refractivity contribution in [3.05, 3.63) is 67.3 Å². The van der Waals surface area contributed by atoms with E-state index in [0.717, 1.165) is 39.8 Å². The Kier molecular flexibility index (Phi) is 6.80. The Hall–Kier alpha value is -1.83. The third-order valence-electron chi connectivity index (χ3n) is 5.49. The maximum absolute atomic E-state index is 13.3. The quantitative estimate of drug-likeness (QED) is 0.440. The van der Waals surface area contributed by atoms with E-state index in [9.17, 15) is 9.59 Å². The van der Waals surface area contributed by atoms with Crippen LogP contribution in [0.25, 0.3) is 0 Å². The second-order valence-electron chi connectivity index (χ2n) is 7.38. The van der Waals surface area contributed by atoms with Gasteiger partial charge in [0.05, 0.1) is 11.5 Å². The highest BCUT2D eigenvalue weighted by Gasteiger charge is 2.41. The molecule has 0 amide bonds. The third-order valence-corrected chi connectivity index (χ3v) is 8.32. The van der Waals surface area contributed by atoms with Crippen molar-refractivity contribution in [1.29, 1.82) is 0 Å². The number of dihydropyridines is 1. The van der Waals surface area contributed by atoms with Crippen LogP contribution in [0.3, 0.4) is 0 Å². The van der Waals surface area contributed by atoms with Crippen LogP contribution in [-0.2, 0) is 14.3 Å². The second-order valence-corrected chi connectivity index (χ2v) is 10.7. The molecule has 4 nitrogen and oxygen atoms in total. The molecule has 0 radical (unpaired) electrons. The summed E-state index contributed by atoms with van der Waals surface area (Å²) in [4.78, 5) is 28.7. The van der Waals surface area contributed by atoms with Crippen molar-refractivity contribution in [3.63, 3.8) is 0 Å². The van der Waals surface area contributed by atoms with Crippen LogP contribution in [0.4, 0.5) is 0 Å². The van der Waals surface area contributed by atoms with E-state index in [4.69, 9.17) is 4.74 Å². The van der Waals surface area contributed by atoms with Crippen molar-refractivity contribution in [2.75, 3.05) is 18.1 Å². The van der Waals surface area contributed by atoms with Gasteiger partial charge in [-0.2, -0.15) is 11.8 Å². The van der Waals surface area contributed by atoms with Crippen LogP contribution in [0, 0.1) is 0 Å². The Morgan fingerprint density at radius 2 is 1.93 bits per heavy atom. The molecule has 2 aliphatic rings. The Balaban J connectivity index is 1.66. The number of carbonyl (C=O) groups excluding carboxylic acids is 2. The van der Waals surface area contributed by atoms with E-state index < -0.39 is 0 Å². The first-order valence-corrected chi connectivity index (χ1v) is 13.1. The standard InChI is InChI=1S/C23H25NO3S3/c1-3-28-11-8-27-23(26)20-14(2)24-16-12-15(18-6-4-9-29-18)13-17(25)21(16)22(20)19-7-5-10-30-19/h4-7,9-10,15,22,24H,3,8,11-13H2,1-2H3/t15-,22-/m1/s1. The lowest BCUT2D eigenvalue weighted by atomic mass is 9.74. The topological polar surface area (TPSA) is 55.4 Å². The van der Waals surface area contributed by atoms with Crippen LogP contribution in [0.1, 0.15) is 48.3 Å². The second kappa shape index (κ2) is 9.54. The van der Waals surface area contributed by atoms with Crippen molar-refractivity contribution in [2.45, 2.75) is 38.5 Å². The van der Waals surface area contributed by atoms with E-state index in [1.165, 1.54) is 4.88 Å². The van der Waals surface area contributed by atoms with E-state index in [2.05, 4.69) is 23.7 Å². The molecule has 158 valence electrons. The van der Waals surface area contributed by atoms with Crippen LogP contribution in [0.15, 0.2) is 57.6 Å². The Morgan fingerprint density at radius 1 is 1.20 bits per heavy atom. The minimum absolute atomic E-state index is 0.125. The van der Waals surface area contributed by atoms with Gasteiger partial charge in [-0.25, -0.2) is 4.79 Å². The maximum atomic E-state index is 13.3. The van der Waals surface area contributed by atoms with Gasteiger partial charge in [0.2, 0.25) is 0 Å². The van der Waals surface area contributed by atoms with Gasteiger partial charge in [0.15, 0.2) is 5.78 Å². The summed E-state index contributed by atoms with van der Waals surface area (Å²) in [5.41, 5.74) is 3.06. The molecule has 1 aliphatic carbocycles. The fourth-order valence-electron chi connectivity index (χ4n) is 4.19. The monoisotopic (exact) mass is 459 g/mol. The third kappa shape index (κ3) is 4.29. The number of hydrogen-bond donors (Lipinski definition) is 1. The van der Waals surface area contributed by atoms with Crippen molar-refractivity contribution in [2.24, 2.45) is 0 Å². The first kappa shape index (κ1) is 21.4. The number of allylic oxidation sites excluding steroid dienone is 3. The molecule has 1 aliphatic heterocycles. The van der Waals surface area contributed by atoms with Crippen molar-refractivity contribution in [1.82, 2.24) is 5.32 Å². The Morgan fingerprint density at radius 3 is 2.60 bits per heavy atom. The average molecular weight is 460 g/mol. The molecule has 0 spiro atoms. The smallest absolute Gasteiger partial charge is 0.336 e. The summed E-state index contributed by atoms with van der Waals surface area (Å²) in [6.07, 6.45) is 1.27. The zero-order valence-electron chi connectivity index (χ0n) is 17.1. The van der Waals surface area contributed by atoms with Gasteiger partial charge in [0.25, 0.3) is 0 Å². The lowest BCUT2D eigenvalue weighted by Gasteiger charge is -2.35. The SMILES string of the molecule is CCSCCOC(=O)C1=C(C)NC2=C(C(=O)C[C@H](c3cccs3)C2)[C@@H]1c1cccs1. The van der Waals surface area contributed by atoms with E-state index >= 15 is 0 Å². The molecule has 0 saturated heterocycles. The van der Waals surface area contributed by atoms with Crippen LogP contribution in [0.2, 0.25) is 0 Å². The lowest BCUT2D eigenvalue weighted by Crippen LogP contribution is -2.35. The molecule has 30 heavy (non-hydrogen) atoms. The van der Waals surface area contributed by atoms with E-state index in [1.54, 1.807) is 34.4 Å². The van der Waals surface area contributed by atoms with Gasteiger partial charge in [0.1, 0.15) is 6.61 Å². The number of esters is 1. The Bertz CT molecular complexity index is 974. The summed E-state index contributed by atoms with van der Waals surface area (Å²) in [5, 5.41) is 7.46. The summed E-state index contributed by atoms with van der Waals surface area (Å²) < 4.78 is 5.59. The number of rotatable bonds is 7. The minimum atomic E-state index is -0.343. The summed E-state index contributed by atoms with van der Waals surface area (Å²) >= 11 is 5.03. The number of nitrogens with one attached hydrogen (secondary N) is 1. The zero-order chi connectivity index (χ0) is 21.1. The number of carbonyl (C=O) groups is 2. The van der Waals surface area contributed by atoms with Gasteiger partial charge >= 0.3 is 5.97 Å². The predicted molar refractivity (Wildman–Crippen MR) is 125 cm³/mol.